The van der Waals surface area contributed by atoms with E-state index in [1.807, 2.05) is 30.4 Å². The summed E-state index contributed by atoms with van der Waals surface area (Å²) in [5, 5.41) is 9.13. The molecule has 6 nitrogen and oxygen atoms in total. The lowest BCUT2D eigenvalue weighted by Crippen LogP contribution is -2.52. The van der Waals surface area contributed by atoms with Crippen LogP contribution in [0.5, 0.6) is 11.5 Å². The van der Waals surface area contributed by atoms with Gasteiger partial charge in [-0.2, -0.15) is 5.26 Å². The van der Waals surface area contributed by atoms with Crippen LogP contribution in [0.25, 0.3) is 5.57 Å². The molecule has 1 heterocycles. The number of rotatable bonds is 10. The Morgan fingerprint density at radius 1 is 1.10 bits per heavy atom. The van der Waals surface area contributed by atoms with Crippen LogP contribution in [0, 0.1) is 29.1 Å². The normalized spacial score (nSPS) is 17.4. The van der Waals surface area contributed by atoms with Gasteiger partial charge in [0.1, 0.15) is 43.0 Å². The summed E-state index contributed by atoms with van der Waals surface area (Å²) >= 11 is 3.52. The van der Waals surface area contributed by atoms with Crippen molar-refractivity contribution < 1.29 is 19.0 Å². The number of aldehydes is 1. The molecule has 0 amide bonds. The smallest absolute Gasteiger partial charge is 0.153 e. The van der Waals surface area contributed by atoms with Crippen LogP contribution < -0.4 is 9.47 Å². The molecule has 4 rings (SSSR count). The Morgan fingerprint density at radius 3 is 2.62 bits per heavy atom. The number of nitrogens with zero attached hydrogens (tertiary/aromatic N) is 2. The molecule has 3 aromatic rings. The SMILES string of the molecule is C#CCOC1(COc2cc(OCc3cncc(C#N)c3)c(C=O)cc2Br)C=CC=C(c2ccccc2)C1(C)C. The number of hydrogen-bond donors (Lipinski definition) is 0. The zero-order valence-electron chi connectivity index (χ0n) is 21.7. The highest BCUT2D eigenvalue weighted by atomic mass is 79.9. The molecule has 0 bridgehead atoms. The number of pyridine rings is 1. The average Bonchev–Trinajstić information content (AvgIpc) is 2.96. The molecule has 0 fully saturated rings. The summed E-state index contributed by atoms with van der Waals surface area (Å²) in [5.74, 6) is 3.40. The molecule has 1 unspecified atom stereocenters. The Bertz CT molecular complexity index is 1500. The largest absolute Gasteiger partial charge is 0.489 e. The summed E-state index contributed by atoms with van der Waals surface area (Å²) in [5.41, 5.74) is 2.27. The van der Waals surface area contributed by atoms with Crippen molar-refractivity contribution in [2.24, 2.45) is 5.41 Å². The predicted molar refractivity (Wildman–Crippen MR) is 153 cm³/mol. The van der Waals surface area contributed by atoms with Crippen molar-refractivity contribution in [1.82, 2.24) is 4.98 Å². The molecule has 2 aromatic carbocycles. The topological polar surface area (TPSA) is 81.4 Å². The van der Waals surface area contributed by atoms with Crippen molar-refractivity contribution >= 4 is 27.8 Å². The number of hydrogen-bond acceptors (Lipinski definition) is 6. The number of allylic oxidation sites excluding steroid dienone is 2. The van der Waals surface area contributed by atoms with Crippen LogP contribution in [-0.2, 0) is 11.3 Å². The molecule has 1 atom stereocenters. The Kier molecular flexibility index (Phi) is 8.66. The Hall–Kier alpha value is -4.17. The maximum absolute atomic E-state index is 11.8. The summed E-state index contributed by atoms with van der Waals surface area (Å²) in [7, 11) is 0. The van der Waals surface area contributed by atoms with Gasteiger partial charge in [0.05, 0.1) is 15.6 Å². The minimum Gasteiger partial charge on any atom is -0.489 e. The second kappa shape index (κ2) is 12.1. The van der Waals surface area contributed by atoms with E-state index in [0.717, 1.165) is 17.4 Å². The zero-order valence-corrected chi connectivity index (χ0v) is 23.3. The van der Waals surface area contributed by atoms with Crippen molar-refractivity contribution in [3.63, 3.8) is 0 Å². The van der Waals surface area contributed by atoms with Crippen molar-refractivity contribution in [3.8, 4) is 29.9 Å². The maximum atomic E-state index is 11.8. The van der Waals surface area contributed by atoms with E-state index >= 15 is 0 Å². The Morgan fingerprint density at radius 2 is 1.90 bits per heavy atom. The lowest BCUT2D eigenvalue weighted by atomic mass is 9.65. The molecular formula is C32H27BrN2O4. The van der Waals surface area contributed by atoms with Gasteiger partial charge in [-0.3, -0.25) is 9.78 Å². The first kappa shape index (κ1) is 27.9. The third-order valence-electron chi connectivity index (χ3n) is 6.81. The van der Waals surface area contributed by atoms with Gasteiger partial charge in [0, 0.05) is 29.4 Å². The van der Waals surface area contributed by atoms with Gasteiger partial charge in [-0.05, 0) is 45.3 Å². The number of carbonyl (C=O) groups excluding carboxylic acids is 1. The Labute approximate surface area is 237 Å². The number of nitriles is 1. The maximum Gasteiger partial charge on any atom is 0.153 e. The minimum absolute atomic E-state index is 0.106. The molecular weight excluding hydrogens is 556 g/mol. The van der Waals surface area contributed by atoms with Gasteiger partial charge in [0.25, 0.3) is 0 Å². The lowest BCUT2D eigenvalue weighted by Gasteiger charge is -2.47. The lowest BCUT2D eigenvalue weighted by molar-refractivity contribution is -0.0785. The summed E-state index contributed by atoms with van der Waals surface area (Å²) in [6, 6.07) is 17.2. The summed E-state index contributed by atoms with van der Waals surface area (Å²) in [6.45, 7) is 4.60. The molecule has 39 heavy (non-hydrogen) atoms. The van der Waals surface area contributed by atoms with E-state index < -0.39 is 11.0 Å². The van der Waals surface area contributed by atoms with E-state index in [2.05, 4.69) is 65.0 Å². The highest BCUT2D eigenvalue weighted by Gasteiger charge is 2.49. The van der Waals surface area contributed by atoms with Crippen LogP contribution in [0.4, 0.5) is 0 Å². The fraction of sp³-hybridized carbons (Fsp3) is 0.219. The summed E-state index contributed by atoms with van der Waals surface area (Å²) < 4.78 is 19.2. The van der Waals surface area contributed by atoms with Crippen molar-refractivity contribution in [3.05, 3.63) is 106 Å². The molecule has 0 saturated carbocycles. The van der Waals surface area contributed by atoms with Gasteiger partial charge in [0.2, 0.25) is 0 Å². The van der Waals surface area contributed by atoms with Crippen LogP contribution in [0.1, 0.15) is 40.9 Å². The molecule has 0 spiro atoms. The molecule has 0 radical (unpaired) electrons. The number of ether oxygens (including phenoxy) is 3. The van der Waals surface area contributed by atoms with Crippen LogP contribution >= 0.6 is 15.9 Å². The van der Waals surface area contributed by atoms with E-state index in [-0.39, 0.29) is 19.8 Å². The van der Waals surface area contributed by atoms with Gasteiger partial charge < -0.3 is 14.2 Å². The minimum atomic E-state index is -0.882. The number of terminal acetylenes is 1. The molecule has 7 heteroatoms. The molecule has 0 aliphatic heterocycles. The first-order chi connectivity index (χ1) is 18.8. The van der Waals surface area contributed by atoms with Crippen molar-refractivity contribution in [2.75, 3.05) is 13.2 Å². The van der Waals surface area contributed by atoms with Crippen molar-refractivity contribution in [1.29, 1.82) is 5.26 Å². The summed E-state index contributed by atoms with van der Waals surface area (Å²) in [4.78, 5) is 15.8. The van der Waals surface area contributed by atoms with Crippen LogP contribution in [0.15, 0.2) is 83.6 Å². The molecule has 1 aliphatic carbocycles. The third kappa shape index (κ3) is 5.96. The number of carbonyl (C=O) groups is 1. The first-order valence-corrected chi connectivity index (χ1v) is 13.0. The van der Waals surface area contributed by atoms with E-state index in [1.165, 1.54) is 6.20 Å². The van der Waals surface area contributed by atoms with Gasteiger partial charge in [0.15, 0.2) is 6.29 Å². The third-order valence-corrected chi connectivity index (χ3v) is 7.43. The monoisotopic (exact) mass is 582 g/mol. The van der Waals surface area contributed by atoms with Crippen LogP contribution in [0.2, 0.25) is 0 Å². The molecule has 0 N–H and O–H groups in total. The molecule has 0 saturated heterocycles. The van der Waals surface area contributed by atoms with E-state index in [1.54, 1.807) is 24.4 Å². The van der Waals surface area contributed by atoms with Gasteiger partial charge in [-0.15, -0.1) is 6.42 Å². The highest BCUT2D eigenvalue weighted by Crippen LogP contribution is 2.49. The predicted octanol–water partition coefficient (Wildman–Crippen LogP) is 6.55. The summed E-state index contributed by atoms with van der Waals surface area (Å²) in [6.07, 6.45) is 15.4. The van der Waals surface area contributed by atoms with Crippen LogP contribution in [0.3, 0.4) is 0 Å². The first-order valence-electron chi connectivity index (χ1n) is 12.2. The number of halogens is 1. The average molecular weight is 583 g/mol. The fourth-order valence-corrected chi connectivity index (χ4v) is 5.02. The standard InChI is InChI=1S/C32H27BrN2O4/c1-4-13-39-32(12-8-11-27(31(32,2)3)25-9-6-5-7-10-25)22-38-30-16-29(26(20-36)15-28(30)33)37-21-24-14-23(17-34)18-35-19-24/h1,5-12,14-16,18-20H,13,21-22H2,2-3H3. The quantitative estimate of drug-likeness (QED) is 0.199. The number of aromatic nitrogens is 1. The van der Waals surface area contributed by atoms with Gasteiger partial charge in [-0.25, -0.2) is 0 Å². The van der Waals surface area contributed by atoms with E-state index in [9.17, 15) is 4.79 Å². The number of benzene rings is 2. The Balaban J connectivity index is 1.61. The van der Waals surface area contributed by atoms with Gasteiger partial charge >= 0.3 is 0 Å². The molecule has 1 aliphatic rings. The molecule has 196 valence electrons. The van der Waals surface area contributed by atoms with E-state index in [4.69, 9.17) is 25.9 Å². The fourth-order valence-electron chi connectivity index (χ4n) is 4.54. The molecule has 1 aromatic heterocycles. The van der Waals surface area contributed by atoms with E-state index in [0.29, 0.717) is 32.7 Å². The second-order valence-electron chi connectivity index (χ2n) is 9.52. The second-order valence-corrected chi connectivity index (χ2v) is 10.4. The van der Waals surface area contributed by atoms with Crippen LogP contribution in [-0.4, -0.2) is 30.1 Å². The van der Waals surface area contributed by atoms with Crippen molar-refractivity contribution in [2.45, 2.75) is 26.1 Å². The van der Waals surface area contributed by atoms with Gasteiger partial charge in [-0.1, -0.05) is 62.3 Å². The zero-order chi connectivity index (χ0) is 27.9. The highest BCUT2D eigenvalue weighted by molar-refractivity contribution is 9.10.